The second-order valence-corrected chi connectivity index (χ2v) is 6.34. The molecule has 1 heterocycles. The van der Waals surface area contributed by atoms with Gasteiger partial charge in [0, 0.05) is 10.9 Å². The number of aromatic nitrogens is 4. The van der Waals surface area contributed by atoms with Crippen molar-refractivity contribution in [3.05, 3.63) is 29.8 Å². The van der Waals surface area contributed by atoms with Gasteiger partial charge in [-0.25, -0.2) is 4.68 Å². The molecule has 0 radical (unpaired) electrons. The van der Waals surface area contributed by atoms with Crippen LogP contribution in [-0.2, 0) is 0 Å². The van der Waals surface area contributed by atoms with E-state index < -0.39 is 0 Å². The van der Waals surface area contributed by atoms with E-state index in [4.69, 9.17) is 5.73 Å². The number of benzene rings is 1. The van der Waals surface area contributed by atoms with Crippen LogP contribution in [0.15, 0.2) is 34.3 Å². The molecule has 3 rings (SSSR count). The summed E-state index contributed by atoms with van der Waals surface area (Å²) in [5.41, 5.74) is 7.01. The minimum Gasteiger partial charge on any atom is -0.324 e. The minimum absolute atomic E-state index is 0.0675. The molecule has 0 amide bonds. The molecule has 1 fully saturated rings. The van der Waals surface area contributed by atoms with Gasteiger partial charge in [-0.1, -0.05) is 25.0 Å². The highest BCUT2D eigenvalue weighted by molar-refractivity contribution is 7.99. The molecule has 0 aliphatic heterocycles. The van der Waals surface area contributed by atoms with Crippen molar-refractivity contribution in [3.8, 4) is 0 Å². The SMILES string of the molecule is C[C@@H](N)c1ccc(Sc2nnnn2C2CCCC2)cc1. The zero-order valence-corrected chi connectivity index (χ0v) is 12.4. The predicted molar refractivity (Wildman–Crippen MR) is 78.5 cm³/mol. The van der Waals surface area contributed by atoms with Crippen molar-refractivity contribution in [2.24, 2.45) is 5.73 Å². The van der Waals surface area contributed by atoms with Gasteiger partial charge in [0.2, 0.25) is 5.16 Å². The van der Waals surface area contributed by atoms with E-state index in [9.17, 15) is 0 Å². The van der Waals surface area contributed by atoms with Crippen LogP contribution in [-0.4, -0.2) is 20.2 Å². The highest BCUT2D eigenvalue weighted by Crippen LogP contribution is 2.33. The van der Waals surface area contributed by atoms with Gasteiger partial charge in [-0.05, 0) is 59.7 Å². The molecule has 1 atom stereocenters. The van der Waals surface area contributed by atoms with Crippen LogP contribution in [0.1, 0.15) is 50.3 Å². The maximum atomic E-state index is 5.86. The van der Waals surface area contributed by atoms with Gasteiger partial charge in [-0.2, -0.15) is 0 Å². The maximum absolute atomic E-state index is 5.86. The van der Waals surface area contributed by atoms with Crippen LogP contribution in [0, 0.1) is 0 Å². The van der Waals surface area contributed by atoms with Gasteiger partial charge in [0.25, 0.3) is 0 Å². The van der Waals surface area contributed by atoms with E-state index in [1.807, 2.05) is 11.6 Å². The lowest BCUT2D eigenvalue weighted by atomic mass is 10.1. The molecular weight excluding hydrogens is 270 g/mol. The van der Waals surface area contributed by atoms with E-state index in [0.29, 0.717) is 6.04 Å². The van der Waals surface area contributed by atoms with Crippen LogP contribution in [0.25, 0.3) is 0 Å². The monoisotopic (exact) mass is 289 g/mol. The van der Waals surface area contributed by atoms with Crippen LogP contribution >= 0.6 is 11.8 Å². The Balaban J connectivity index is 1.76. The number of tetrazole rings is 1. The highest BCUT2D eigenvalue weighted by atomic mass is 32.2. The van der Waals surface area contributed by atoms with Gasteiger partial charge < -0.3 is 5.73 Å². The lowest BCUT2D eigenvalue weighted by Crippen LogP contribution is -2.08. The van der Waals surface area contributed by atoms with Gasteiger partial charge in [0.1, 0.15) is 0 Å². The highest BCUT2D eigenvalue weighted by Gasteiger charge is 2.21. The van der Waals surface area contributed by atoms with Crippen molar-refractivity contribution in [2.45, 2.75) is 54.7 Å². The normalized spacial score (nSPS) is 17.5. The minimum atomic E-state index is 0.0675. The van der Waals surface area contributed by atoms with Crippen molar-refractivity contribution in [1.82, 2.24) is 20.2 Å². The molecule has 0 saturated heterocycles. The lowest BCUT2D eigenvalue weighted by molar-refractivity contribution is 0.423. The predicted octanol–water partition coefficient (Wildman–Crippen LogP) is 2.96. The summed E-state index contributed by atoms with van der Waals surface area (Å²) in [5, 5.41) is 13.0. The lowest BCUT2D eigenvalue weighted by Gasteiger charge is -2.11. The second kappa shape index (κ2) is 5.93. The standard InChI is InChI=1S/C14H19N5S/c1-10(15)11-6-8-13(9-7-11)20-14-16-17-18-19(14)12-4-2-3-5-12/h6-10,12H,2-5,15H2,1H3/t10-/m1/s1. The first-order valence-corrected chi connectivity index (χ1v) is 7.87. The number of hydrogen-bond donors (Lipinski definition) is 1. The Hall–Kier alpha value is -1.40. The Kier molecular flexibility index (Phi) is 4.03. The Morgan fingerprint density at radius 1 is 1.25 bits per heavy atom. The molecule has 6 heteroatoms. The maximum Gasteiger partial charge on any atom is 0.214 e. The molecule has 1 aliphatic carbocycles. The first-order chi connectivity index (χ1) is 9.74. The van der Waals surface area contributed by atoms with Gasteiger partial charge in [0.15, 0.2) is 0 Å². The quantitative estimate of drug-likeness (QED) is 0.937. The second-order valence-electron chi connectivity index (χ2n) is 5.30. The summed E-state index contributed by atoms with van der Waals surface area (Å²) < 4.78 is 1.98. The molecule has 1 aromatic heterocycles. The topological polar surface area (TPSA) is 69.6 Å². The molecule has 106 valence electrons. The number of rotatable bonds is 4. The van der Waals surface area contributed by atoms with Crippen molar-refractivity contribution in [3.63, 3.8) is 0 Å². The Morgan fingerprint density at radius 2 is 1.95 bits per heavy atom. The van der Waals surface area contributed by atoms with E-state index in [1.165, 1.54) is 25.7 Å². The number of hydrogen-bond acceptors (Lipinski definition) is 5. The van der Waals surface area contributed by atoms with E-state index in [-0.39, 0.29) is 6.04 Å². The summed E-state index contributed by atoms with van der Waals surface area (Å²) in [6, 6.07) is 8.83. The third kappa shape index (κ3) is 2.86. The van der Waals surface area contributed by atoms with E-state index >= 15 is 0 Å². The van der Waals surface area contributed by atoms with Crippen molar-refractivity contribution >= 4 is 11.8 Å². The molecule has 0 unspecified atom stereocenters. The average molecular weight is 289 g/mol. The van der Waals surface area contributed by atoms with Gasteiger partial charge in [-0.3, -0.25) is 0 Å². The van der Waals surface area contributed by atoms with Crippen LogP contribution in [0.2, 0.25) is 0 Å². The van der Waals surface area contributed by atoms with E-state index in [2.05, 4.69) is 39.8 Å². The molecule has 0 bridgehead atoms. The molecule has 2 N–H and O–H groups in total. The summed E-state index contributed by atoms with van der Waals surface area (Å²) in [5.74, 6) is 0. The van der Waals surface area contributed by atoms with Gasteiger partial charge in [0.05, 0.1) is 6.04 Å². The third-order valence-electron chi connectivity index (χ3n) is 3.75. The van der Waals surface area contributed by atoms with Crippen LogP contribution < -0.4 is 5.73 Å². The fraction of sp³-hybridized carbons (Fsp3) is 0.500. The molecular formula is C14H19N5S. The van der Waals surface area contributed by atoms with E-state index in [0.717, 1.165) is 15.6 Å². The summed E-state index contributed by atoms with van der Waals surface area (Å²) in [7, 11) is 0. The van der Waals surface area contributed by atoms with Gasteiger partial charge in [-0.15, -0.1) is 5.10 Å². The smallest absolute Gasteiger partial charge is 0.214 e. The molecule has 20 heavy (non-hydrogen) atoms. The van der Waals surface area contributed by atoms with Gasteiger partial charge >= 0.3 is 0 Å². The molecule has 0 spiro atoms. The number of nitrogens with zero attached hydrogens (tertiary/aromatic N) is 4. The average Bonchev–Trinajstić information content (AvgIpc) is 3.09. The summed E-state index contributed by atoms with van der Waals surface area (Å²) in [6.45, 7) is 1.99. The Labute approximate surface area is 122 Å². The first-order valence-electron chi connectivity index (χ1n) is 7.05. The molecule has 5 nitrogen and oxygen atoms in total. The van der Waals surface area contributed by atoms with E-state index in [1.54, 1.807) is 11.8 Å². The van der Waals surface area contributed by atoms with Crippen molar-refractivity contribution in [1.29, 1.82) is 0 Å². The third-order valence-corrected chi connectivity index (χ3v) is 4.71. The number of nitrogens with two attached hydrogens (primary N) is 1. The van der Waals surface area contributed by atoms with Crippen LogP contribution in [0.3, 0.4) is 0 Å². The summed E-state index contributed by atoms with van der Waals surface area (Å²) >= 11 is 1.61. The molecule has 1 saturated carbocycles. The van der Waals surface area contributed by atoms with Crippen LogP contribution in [0.4, 0.5) is 0 Å². The summed E-state index contributed by atoms with van der Waals surface area (Å²) in [4.78, 5) is 1.14. The molecule has 1 aliphatic rings. The molecule has 1 aromatic carbocycles. The molecule has 2 aromatic rings. The van der Waals surface area contributed by atoms with Crippen LogP contribution in [0.5, 0.6) is 0 Å². The fourth-order valence-electron chi connectivity index (χ4n) is 2.58. The zero-order valence-electron chi connectivity index (χ0n) is 11.6. The van der Waals surface area contributed by atoms with Crippen molar-refractivity contribution < 1.29 is 0 Å². The largest absolute Gasteiger partial charge is 0.324 e. The fourth-order valence-corrected chi connectivity index (χ4v) is 3.41. The first kappa shape index (κ1) is 13.6. The summed E-state index contributed by atoms with van der Waals surface area (Å²) in [6.07, 6.45) is 4.92. The van der Waals surface area contributed by atoms with Crippen molar-refractivity contribution in [2.75, 3.05) is 0 Å². The Morgan fingerprint density at radius 3 is 2.60 bits per heavy atom. The zero-order chi connectivity index (χ0) is 13.9. The Bertz CT molecular complexity index is 557.